The van der Waals surface area contributed by atoms with Crippen molar-refractivity contribution in [3.05, 3.63) is 23.9 Å². The molecule has 17 heavy (non-hydrogen) atoms. The third-order valence-electron chi connectivity index (χ3n) is 3.68. The van der Waals surface area contributed by atoms with Crippen LogP contribution in [0.5, 0.6) is 0 Å². The number of likely N-dealkylation sites (tertiary alicyclic amines) is 1. The zero-order chi connectivity index (χ0) is 12.1. The predicted octanol–water partition coefficient (Wildman–Crippen LogP) is 1.35. The molecule has 0 radical (unpaired) electrons. The second-order valence-corrected chi connectivity index (χ2v) is 5.31. The van der Waals surface area contributed by atoms with Gasteiger partial charge in [-0.1, -0.05) is 18.6 Å². The van der Waals surface area contributed by atoms with Crippen molar-refractivity contribution >= 4 is 0 Å². The molecule has 0 saturated carbocycles. The Hall–Kier alpha value is -0.800. The molecule has 3 heteroatoms. The highest BCUT2D eigenvalue weighted by Gasteiger charge is 2.30. The summed E-state index contributed by atoms with van der Waals surface area (Å²) in [7, 11) is 2.23. The van der Waals surface area contributed by atoms with Gasteiger partial charge in [-0.15, -0.1) is 0 Å². The van der Waals surface area contributed by atoms with Gasteiger partial charge >= 0.3 is 0 Å². The van der Waals surface area contributed by atoms with Crippen LogP contribution in [0.2, 0.25) is 0 Å². The first-order valence-corrected chi connectivity index (χ1v) is 6.79. The van der Waals surface area contributed by atoms with Gasteiger partial charge in [-0.2, -0.15) is 0 Å². The summed E-state index contributed by atoms with van der Waals surface area (Å²) in [6.07, 6.45) is 8.86. The van der Waals surface area contributed by atoms with Gasteiger partial charge in [0.2, 0.25) is 0 Å². The summed E-state index contributed by atoms with van der Waals surface area (Å²) >= 11 is 0. The van der Waals surface area contributed by atoms with E-state index in [1.807, 2.05) is 6.20 Å². The van der Waals surface area contributed by atoms with Crippen molar-refractivity contribution in [2.24, 2.45) is 5.92 Å². The van der Waals surface area contributed by atoms with E-state index in [-0.39, 0.29) is 0 Å². The minimum Gasteiger partial charge on any atom is -0.387 e. The van der Waals surface area contributed by atoms with Gasteiger partial charge in [-0.25, -0.2) is 0 Å². The molecule has 2 rings (SSSR count). The van der Waals surface area contributed by atoms with E-state index < -0.39 is 0 Å². The van der Waals surface area contributed by atoms with Crippen LogP contribution in [-0.2, 0) is 0 Å². The smallest absolute Gasteiger partial charge is 0.0357 e. The number of nitrogens with one attached hydrogen (secondary N) is 2. The lowest BCUT2D eigenvalue weighted by molar-refractivity contribution is 0.393. The summed E-state index contributed by atoms with van der Waals surface area (Å²) in [5, 5.41) is 6.99. The Bertz CT molecular complexity index is 296. The fourth-order valence-corrected chi connectivity index (χ4v) is 2.83. The molecule has 3 nitrogen and oxygen atoms in total. The highest BCUT2D eigenvalue weighted by Crippen LogP contribution is 2.23. The Kier molecular flexibility index (Phi) is 4.63. The molecule has 2 atom stereocenters. The molecule has 2 N–H and O–H groups in total. The van der Waals surface area contributed by atoms with Crippen LogP contribution in [0.3, 0.4) is 0 Å². The van der Waals surface area contributed by atoms with Gasteiger partial charge in [0.05, 0.1) is 0 Å². The van der Waals surface area contributed by atoms with Crippen LogP contribution < -0.4 is 10.6 Å². The quantitative estimate of drug-likeness (QED) is 0.753. The molecule has 2 aliphatic rings. The monoisotopic (exact) mass is 235 g/mol. The van der Waals surface area contributed by atoms with Crippen molar-refractivity contribution in [3.63, 3.8) is 0 Å². The SMILES string of the molecule is CCCNC1CN(C)CC1CC1=CC=CNC1. The zero-order valence-electron chi connectivity index (χ0n) is 11.1. The lowest BCUT2D eigenvalue weighted by atomic mass is 9.94. The molecular weight excluding hydrogens is 210 g/mol. The van der Waals surface area contributed by atoms with Crippen molar-refractivity contribution in [1.82, 2.24) is 15.5 Å². The summed E-state index contributed by atoms with van der Waals surface area (Å²) in [4.78, 5) is 2.45. The van der Waals surface area contributed by atoms with Crippen molar-refractivity contribution in [2.45, 2.75) is 25.8 Å². The average molecular weight is 235 g/mol. The molecule has 2 unspecified atom stereocenters. The van der Waals surface area contributed by atoms with Crippen LogP contribution in [0.25, 0.3) is 0 Å². The molecule has 0 spiro atoms. The highest BCUT2D eigenvalue weighted by molar-refractivity contribution is 5.19. The van der Waals surface area contributed by atoms with Gasteiger partial charge in [0.1, 0.15) is 0 Å². The van der Waals surface area contributed by atoms with Crippen LogP contribution in [0.4, 0.5) is 0 Å². The van der Waals surface area contributed by atoms with Crippen LogP contribution in [0.1, 0.15) is 19.8 Å². The van der Waals surface area contributed by atoms with E-state index >= 15 is 0 Å². The van der Waals surface area contributed by atoms with Gasteiger partial charge in [-0.05, 0) is 44.6 Å². The van der Waals surface area contributed by atoms with Gasteiger partial charge in [0.15, 0.2) is 0 Å². The fraction of sp³-hybridized carbons (Fsp3) is 0.714. The number of hydrogen-bond donors (Lipinski definition) is 2. The Labute approximate surface area is 105 Å². The molecule has 0 aromatic rings. The normalized spacial score (nSPS) is 29.2. The Morgan fingerprint density at radius 1 is 1.47 bits per heavy atom. The largest absolute Gasteiger partial charge is 0.387 e. The summed E-state index contributed by atoms with van der Waals surface area (Å²) in [6, 6.07) is 0.673. The fourth-order valence-electron chi connectivity index (χ4n) is 2.83. The summed E-state index contributed by atoms with van der Waals surface area (Å²) in [5.74, 6) is 0.770. The van der Waals surface area contributed by atoms with Crippen LogP contribution >= 0.6 is 0 Å². The summed E-state index contributed by atoms with van der Waals surface area (Å²) in [5.41, 5.74) is 1.54. The number of allylic oxidation sites excluding steroid dienone is 2. The third kappa shape index (κ3) is 3.58. The topological polar surface area (TPSA) is 27.3 Å². The lowest BCUT2D eigenvalue weighted by Crippen LogP contribution is -2.37. The van der Waals surface area contributed by atoms with Crippen molar-refractivity contribution in [3.8, 4) is 0 Å². The second-order valence-electron chi connectivity index (χ2n) is 5.31. The molecule has 0 aromatic carbocycles. The zero-order valence-corrected chi connectivity index (χ0v) is 11.1. The number of dihydropyridines is 1. The van der Waals surface area contributed by atoms with E-state index in [0.717, 1.165) is 19.0 Å². The standard InChI is InChI=1S/C14H25N3/c1-3-6-16-14-11-17(2)10-13(14)8-12-5-4-7-15-9-12/h4-5,7,13-16H,3,6,8-11H2,1-2H3. The van der Waals surface area contributed by atoms with Gasteiger partial charge in [-0.3, -0.25) is 0 Å². The maximum Gasteiger partial charge on any atom is 0.0357 e. The lowest BCUT2D eigenvalue weighted by Gasteiger charge is -2.22. The van der Waals surface area contributed by atoms with E-state index in [0.29, 0.717) is 6.04 Å². The molecule has 1 fully saturated rings. The maximum absolute atomic E-state index is 3.69. The van der Waals surface area contributed by atoms with Crippen LogP contribution in [-0.4, -0.2) is 44.2 Å². The first-order valence-electron chi connectivity index (χ1n) is 6.79. The Balaban J connectivity index is 1.88. The van der Waals surface area contributed by atoms with Gasteiger partial charge in [0.25, 0.3) is 0 Å². The molecule has 2 heterocycles. The van der Waals surface area contributed by atoms with E-state index in [1.54, 1.807) is 0 Å². The van der Waals surface area contributed by atoms with E-state index in [2.05, 4.69) is 41.7 Å². The van der Waals surface area contributed by atoms with Crippen molar-refractivity contribution in [2.75, 3.05) is 33.2 Å². The van der Waals surface area contributed by atoms with Crippen molar-refractivity contribution < 1.29 is 0 Å². The van der Waals surface area contributed by atoms with Gasteiger partial charge < -0.3 is 15.5 Å². The van der Waals surface area contributed by atoms with E-state index in [4.69, 9.17) is 0 Å². The molecule has 0 aliphatic carbocycles. The number of likely N-dealkylation sites (N-methyl/N-ethyl adjacent to an activating group) is 1. The Morgan fingerprint density at radius 3 is 3.06 bits per heavy atom. The average Bonchev–Trinajstić information content (AvgIpc) is 2.68. The number of nitrogens with zero attached hydrogens (tertiary/aromatic N) is 1. The van der Waals surface area contributed by atoms with E-state index in [9.17, 15) is 0 Å². The predicted molar refractivity (Wildman–Crippen MR) is 72.9 cm³/mol. The third-order valence-corrected chi connectivity index (χ3v) is 3.68. The second kappa shape index (κ2) is 6.22. The minimum absolute atomic E-state index is 0.673. The van der Waals surface area contributed by atoms with E-state index in [1.165, 1.54) is 31.5 Å². The highest BCUT2D eigenvalue weighted by atomic mass is 15.2. The molecule has 0 aromatic heterocycles. The van der Waals surface area contributed by atoms with Crippen molar-refractivity contribution in [1.29, 1.82) is 0 Å². The maximum atomic E-state index is 3.69. The first kappa shape index (κ1) is 12.7. The summed E-state index contributed by atoms with van der Waals surface area (Å²) in [6.45, 7) is 6.83. The Morgan fingerprint density at radius 2 is 2.35 bits per heavy atom. The summed E-state index contributed by atoms with van der Waals surface area (Å²) < 4.78 is 0. The number of rotatable bonds is 5. The first-order chi connectivity index (χ1) is 8.29. The van der Waals surface area contributed by atoms with Crippen LogP contribution in [0, 0.1) is 5.92 Å². The molecule has 96 valence electrons. The molecule has 0 bridgehead atoms. The molecule has 1 saturated heterocycles. The molecule has 0 amide bonds. The molecular formula is C14H25N3. The van der Waals surface area contributed by atoms with Gasteiger partial charge in [0, 0.05) is 25.7 Å². The number of hydrogen-bond acceptors (Lipinski definition) is 3. The minimum atomic E-state index is 0.673. The van der Waals surface area contributed by atoms with Crippen LogP contribution in [0.15, 0.2) is 23.9 Å². The molecule has 2 aliphatic heterocycles.